The van der Waals surface area contributed by atoms with E-state index in [1.807, 2.05) is 6.07 Å². The Hall–Kier alpha value is -1.30. The Morgan fingerprint density at radius 2 is 2.05 bits per heavy atom. The average Bonchev–Trinajstić information content (AvgIpc) is 2.44. The summed E-state index contributed by atoms with van der Waals surface area (Å²) in [7, 11) is 0. The van der Waals surface area contributed by atoms with Crippen LogP contribution in [0.25, 0.3) is 0 Å². The molecule has 19 heavy (non-hydrogen) atoms. The Kier molecular flexibility index (Phi) is 4.63. The summed E-state index contributed by atoms with van der Waals surface area (Å²) in [5.41, 5.74) is 6.56. The molecule has 0 amide bonds. The Labute approximate surface area is 119 Å². The van der Waals surface area contributed by atoms with Gasteiger partial charge in [0.15, 0.2) is 0 Å². The minimum Gasteiger partial charge on any atom is -0.388 e. The molecule has 2 rings (SSSR count). The number of benzene rings is 1. The molecule has 3 N–H and O–H groups in total. The third-order valence-electron chi connectivity index (χ3n) is 3.00. The molecule has 0 spiro atoms. The molecule has 0 saturated carbocycles. The van der Waals surface area contributed by atoms with Crippen molar-refractivity contribution in [1.82, 2.24) is 4.98 Å². The molecule has 5 heteroatoms. The monoisotopic (exact) mass is 324 g/mol. The van der Waals surface area contributed by atoms with Gasteiger partial charge in [0.25, 0.3) is 0 Å². The van der Waals surface area contributed by atoms with Crippen LogP contribution in [-0.2, 0) is 0 Å². The average molecular weight is 325 g/mol. The molecule has 0 aliphatic rings. The first-order chi connectivity index (χ1) is 9.15. The number of aromatic nitrogens is 1. The van der Waals surface area contributed by atoms with Gasteiger partial charge >= 0.3 is 0 Å². The van der Waals surface area contributed by atoms with Crippen molar-refractivity contribution in [2.24, 2.45) is 5.73 Å². The number of rotatable bonds is 4. The lowest BCUT2D eigenvalue weighted by molar-refractivity contribution is 0.141. The van der Waals surface area contributed by atoms with E-state index in [4.69, 9.17) is 5.73 Å². The van der Waals surface area contributed by atoms with Crippen LogP contribution < -0.4 is 5.73 Å². The molecule has 2 atom stereocenters. The third kappa shape index (κ3) is 3.00. The van der Waals surface area contributed by atoms with Crippen LogP contribution in [0.5, 0.6) is 0 Å². The van der Waals surface area contributed by atoms with Crippen molar-refractivity contribution in [2.45, 2.75) is 12.0 Å². The largest absolute Gasteiger partial charge is 0.388 e. The number of nitrogens with zero attached hydrogens (tertiary/aromatic N) is 1. The van der Waals surface area contributed by atoms with Gasteiger partial charge < -0.3 is 10.8 Å². The summed E-state index contributed by atoms with van der Waals surface area (Å²) >= 11 is 3.11. The molecule has 0 saturated heterocycles. The van der Waals surface area contributed by atoms with Crippen LogP contribution in [0.15, 0.2) is 47.1 Å². The lowest BCUT2D eigenvalue weighted by Gasteiger charge is -2.22. The summed E-state index contributed by atoms with van der Waals surface area (Å²) in [6.07, 6.45) is 0.597. The fraction of sp³-hybridized carbons (Fsp3) is 0.214. The van der Waals surface area contributed by atoms with E-state index in [0.29, 0.717) is 10.2 Å². The van der Waals surface area contributed by atoms with Gasteiger partial charge in [-0.25, -0.2) is 4.39 Å². The van der Waals surface area contributed by atoms with Crippen LogP contribution in [0.4, 0.5) is 4.39 Å². The summed E-state index contributed by atoms with van der Waals surface area (Å²) in [5.74, 6) is -0.908. The van der Waals surface area contributed by atoms with E-state index >= 15 is 0 Å². The zero-order chi connectivity index (χ0) is 13.8. The van der Waals surface area contributed by atoms with Gasteiger partial charge in [0.2, 0.25) is 0 Å². The van der Waals surface area contributed by atoms with Gasteiger partial charge in [-0.1, -0.05) is 18.2 Å². The fourth-order valence-corrected chi connectivity index (χ4v) is 2.35. The van der Waals surface area contributed by atoms with E-state index in [1.54, 1.807) is 36.5 Å². The van der Waals surface area contributed by atoms with Crippen LogP contribution in [0.3, 0.4) is 0 Å². The molecule has 2 aromatic rings. The van der Waals surface area contributed by atoms with E-state index < -0.39 is 17.8 Å². The topological polar surface area (TPSA) is 59.1 Å². The Morgan fingerprint density at radius 3 is 2.68 bits per heavy atom. The molecule has 2 unspecified atom stereocenters. The maximum atomic E-state index is 14.0. The van der Waals surface area contributed by atoms with Crippen molar-refractivity contribution in [2.75, 3.05) is 6.54 Å². The van der Waals surface area contributed by atoms with Crippen molar-refractivity contribution < 1.29 is 9.50 Å². The predicted molar refractivity (Wildman–Crippen MR) is 75.1 cm³/mol. The van der Waals surface area contributed by atoms with Gasteiger partial charge in [0, 0.05) is 29.9 Å². The zero-order valence-corrected chi connectivity index (χ0v) is 11.7. The highest BCUT2D eigenvalue weighted by molar-refractivity contribution is 9.10. The Bertz CT molecular complexity index is 550. The normalized spacial score (nSPS) is 14.1. The third-order valence-corrected chi connectivity index (χ3v) is 3.62. The summed E-state index contributed by atoms with van der Waals surface area (Å²) in [5, 5.41) is 10.4. The minimum atomic E-state index is -1.03. The van der Waals surface area contributed by atoms with E-state index in [-0.39, 0.29) is 12.1 Å². The number of pyridine rings is 1. The van der Waals surface area contributed by atoms with Crippen molar-refractivity contribution in [3.63, 3.8) is 0 Å². The number of halogens is 2. The molecule has 1 aromatic carbocycles. The predicted octanol–water partition coefficient (Wildman–Crippen LogP) is 2.76. The van der Waals surface area contributed by atoms with Crippen molar-refractivity contribution in [3.05, 3.63) is 64.1 Å². The van der Waals surface area contributed by atoms with Crippen LogP contribution in [0.2, 0.25) is 0 Å². The van der Waals surface area contributed by atoms with Crippen LogP contribution in [-0.4, -0.2) is 16.6 Å². The van der Waals surface area contributed by atoms with Crippen molar-refractivity contribution in [3.8, 4) is 0 Å². The van der Waals surface area contributed by atoms with E-state index in [9.17, 15) is 9.50 Å². The molecule has 3 nitrogen and oxygen atoms in total. The van der Waals surface area contributed by atoms with Crippen molar-refractivity contribution >= 4 is 15.9 Å². The Balaban J connectivity index is 2.36. The second kappa shape index (κ2) is 6.23. The molecule has 0 fully saturated rings. The standard InChI is InChI=1S/C14H14BrFN2O/c15-11-5-3-4-9(13(11)16)14(19)10(8-17)12-6-1-2-7-18-12/h1-7,10,14,19H,8,17H2. The number of nitrogens with two attached hydrogens (primary N) is 1. The quantitative estimate of drug-likeness (QED) is 0.909. The molecular weight excluding hydrogens is 311 g/mol. The molecule has 0 aliphatic heterocycles. The second-order valence-electron chi connectivity index (χ2n) is 4.18. The number of hydrogen-bond donors (Lipinski definition) is 2. The van der Waals surface area contributed by atoms with E-state index in [0.717, 1.165) is 0 Å². The minimum absolute atomic E-state index is 0.185. The van der Waals surface area contributed by atoms with Gasteiger partial charge in [0.1, 0.15) is 5.82 Å². The molecule has 1 aromatic heterocycles. The van der Waals surface area contributed by atoms with Crippen molar-refractivity contribution in [1.29, 1.82) is 0 Å². The van der Waals surface area contributed by atoms with Crippen LogP contribution >= 0.6 is 15.9 Å². The zero-order valence-electron chi connectivity index (χ0n) is 10.1. The molecule has 100 valence electrons. The number of hydrogen-bond acceptors (Lipinski definition) is 3. The molecule has 0 radical (unpaired) electrons. The summed E-state index contributed by atoms with van der Waals surface area (Å²) in [6, 6.07) is 10.2. The molecule has 0 aliphatic carbocycles. The maximum absolute atomic E-state index is 14.0. The summed E-state index contributed by atoms with van der Waals surface area (Å²) in [4.78, 5) is 4.17. The highest BCUT2D eigenvalue weighted by atomic mass is 79.9. The fourth-order valence-electron chi connectivity index (χ4n) is 1.97. The summed E-state index contributed by atoms with van der Waals surface area (Å²) in [6.45, 7) is 0.185. The van der Waals surface area contributed by atoms with E-state index in [1.165, 1.54) is 0 Å². The first-order valence-corrected chi connectivity index (χ1v) is 6.67. The Morgan fingerprint density at radius 1 is 1.26 bits per heavy atom. The highest BCUT2D eigenvalue weighted by Crippen LogP contribution is 2.32. The van der Waals surface area contributed by atoms with Crippen LogP contribution in [0.1, 0.15) is 23.3 Å². The van der Waals surface area contributed by atoms with Gasteiger partial charge in [0.05, 0.1) is 10.6 Å². The lowest BCUT2D eigenvalue weighted by Crippen LogP contribution is -2.21. The molecular formula is C14H14BrFN2O. The maximum Gasteiger partial charge on any atom is 0.143 e. The lowest BCUT2D eigenvalue weighted by atomic mass is 9.92. The van der Waals surface area contributed by atoms with Gasteiger partial charge in [-0.3, -0.25) is 4.98 Å². The van der Waals surface area contributed by atoms with Gasteiger partial charge in [-0.15, -0.1) is 0 Å². The van der Waals surface area contributed by atoms with Gasteiger partial charge in [-0.2, -0.15) is 0 Å². The number of aliphatic hydroxyl groups excluding tert-OH is 1. The van der Waals surface area contributed by atoms with E-state index in [2.05, 4.69) is 20.9 Å². The SMILES string of the molecule is NCC(c1ccccn1)C(O)c1cccc(Br)c1F. The van der Waals surface area contributed by atoms with Gasteiger partial charge in [-0.05, 0) is 34.1 Å². The second-order valence-corrected chi connectivity index (χ2v) is 5.04. The number of aliphatic hydroxyl groups is 1. The molecule has 1 heterocycles. The summed E-state index contributed by atoms with van der Waals surface area (Å²) < 4.78 is 14.3. The first kappa shape index (κ1) is 14.1. The highest BCUT2D eigenvalue weighted by Gasteiger charge is 2.25. The molecule has 0 bridgehead atoms. The van der Waals surface area contributed by atoms with Crippen LogP contribution in [0, 0.1) is 5.82 Å². The first-order valence-electron chi connectivity index (χ1n) is 5.88. The smallest absolute Gasteiger partial charge is 0.143 e.